The summed E-state index contributed by atoms with van der Waals surface area (Å²) in [5.41, 5.74) is 0. The number of halogens is 5. The molecule has 0 N–H and O–H groups in total. The molecule has 32 heavy (non-hydrogen) atoms. The van der Waals surface area contributed by atoms with Crippen LogP contribution in [0.15, 0.2) is 121 Å². The average Bonchev–Trinajstić information content (AvgIpc) is 2.81. The summed E-state index contributed by atoms with van der Waals surface area (Å²) in [4.78, 5) is 0. The molecule has 4 rings (SSSR count). The van der Waals surface area contributed by atoms with E-state index in [9.17, 15) is 0 Å². The Morgan fingerprint density at radius 2 is 0.719 bits per heavy atom. The molecular formula is C24H20Cl5GaP2. The molecule has 0 saturated heterocycles. The molecule has 0 unspecified atom stereocenters. The first-order chi connectivity index (χ1) is 15.3. The van der Waals surface area contributed by atoms with Crippen molar-refractivity contribution in [2.24, 2.45) is 0 Å². The van der Waals surface area contributed by atoms with Crippen molar-refractivity contribution in [2.45, 2.75) is 0 Å². The Labute approximate surface area is 214 Å². The van der Waals surface area contributed by atoms with E-state index in [1.54, 1.807) is 0 Å². The van der Waals surface area contributed by atoms with Crippen LogP contribution in [-0.2, 0) is 0 Å². The van der Waals surface area contributed by atoms with Gasteiger partial charge in [0.25, 0.3) is 0 Å². The zero-order valence-corrected chi connectivity index (χ0v) is 24.9. The fourth-order valence-corrected chi connectivity index (χ4v) is 14.1. The van der Waals surface area contributed by atoms with Crippen LogP contribution in [0.2, 0.25) is 0 Å². The van der Waals surface area contributed by atoms with Gasteiger partial charge in [-0.05, 0) is 59.8 Å². The van der Waals surface area contributed by atoms with Crippen LogP contribution in [0.25, 0.3) is 0 Å². The standard InChI is InChI=1S/C24H20ClP2.4ClH.Ga/c25-27(23-17-9-3-10-18-23,24-19-11-4-12-20-24)26(21-13-5-1-6-14-21)22-15-7-2-8-16-22;;;;;/h1-20H;4*1H;/q+1;;;;;+3/p-4. The van der Waals surface area contributed by atoms with Crippen LogP contribution < -0.4 is 21.2 Å². The third kappa shape index (κ3) is 7.35. The predicted octanol–water partition coefficient (Wildman–Crippen LogP) is 8.23. The van der Waals surface area contributed by atoms with Gasteiger partial charge in [0.15, 0.2) is 23.7 Å². The van der Waals surface area contributed by atoms with Gasteiger partial charge >= 0.3 is 49.6 Å². The first-order valence-electron chi connectivity index (χ1n) is 9.78. The molecule has 0 radical (unpaired) electrons. The van der Waals surface area contributed by atoms with E-state index in [0.717, 1.165) is 0 Å². The minimum atomic E-state index is -3.24. The van der Waals surface area contributed by atoms with Gasteiger partial charge < -0.3 is 0 Å². The molecule has 0 nitrogen and oxygen atoms in total. The summed E-state index contributed by atoms with van der Waals surface area (Å²) in [6.45, 7) is 0. The summed E-state index contributed by atoms with van der Waals surface area (Å²) in [6, 6.07) is 42.8. The fourth-order valence-electron chi connectivity index (χ4n) is 3.24. The minimum absolute atomic E-state index is 0.772. The maximum atomic E-state index is 7.77. The summed E-state index contributed by atoms with van der Waals surface area (Å²) >= 11 is 4.53. The molecule has 0 saturated carbocycles. The zero-order chi connectivity index (χ0) is 23.0. The monoisotopic (exact) mass is 614 g/mol. The van der Waals surface area contributed by atoms with Crippen molar-refractivity contribution in [3.05, 3.63) is 121 Å². The third-order valence-corrected chi connectivity index (χ3v) is 15.5. The molecule has 0 spiro atoms. The molecule has 8 heteroatoms. The molecule has 0 fully saturated rings. The Morgan fingerprint density at radius 1 is 0.469 bits per heavy atom. The van der Waals surface area contributed by atoms with E-state index < -0.39 is 24.1 Å². The number of hydrogen-bond donors (Lipinski definition) is 0. The molecule has 164 valence electrons. The SMILES string of the molecule is ClP(c1ccccc1)(c1ccccc1)=[P+](c1ccccc1)c1ccccc1.[Cl][Ga-]([Cl])([Cl])[Cl]. The van der Waals surface area contributed by atoms with Crippen molar-refractivity contribution < 1.29 is 0 Å². The molecule has 0 bridgehead atoms. The Kier molecular flexibility index (Phi) is 10.2. The van der Waals surface area contributed by atoms with Gasteiger partial charge in [-0.15, -0.1) is 0 Å². The Balaban J connectivity index is 0.000000523. The van der Waals surface area contributed by atoms with Crippen LogP contribution in [0, 0.1) is 0 Å². The van der Waals surface area contributed by atoms with Crippen molar-refractivity contribution in [3.8, 4) is 0 Å². The van der Waals surface area contributed by atoms with Gasteiger partial charge in [-0.3, -0.25) is 0 Å². The van der Waals surface area contributed by atoms with Crippen molar-refractivity contribution in [2.75, 3.05) is 0 Å². The van der Waals surface area contributed by atoms with Crippen LogP contribution in [0.5, 0.6) is 0 Å². The van der Waals surface area contributed by atoms with E-state index in [1.165, 1.54) is 21.2 Å². The van der Waals surface area contributed by atoms with Gasteiger partial charge in [-0.25, -0.2) is 0 Å². The molecule has 0 aliphatic heterocycles. The zero-order valence-electron chi connectivity index (χ0n) is 16.9. The summed E-state index contributed by atoms with van der Waals surface area (Å²) < 4.78 is 0. The van der Waals surface area contributed by atoms with Crippen LogP contribution in [0.3, 0.4) is 0 Å². The molecule has 0 aliphatic rings. The van der Waals surface area contributed by atoms with Crippen LogP contribution >= 0.6 is 62.9 Å². The van der Waals surface area contributed by atoms with E-state index >= 15 is 0 Å². The molecule has 0 aromatic heterocycles. The second-order valence-corrected chi connectivity index (χ2v) is 38.4. The van der Waals surface area contributed by atoms with Crippen molar-refractivity contribution in [1.82, 2.24) is 0 Å². The number of hydrogen-bond acceptors (Lipinski definition) is 0. The first-order valence-corrected chi connectivity index (χ1v) is 27.3. The van der Waals surface area contributed by atoms with E-state index in [-0.39, 0.29) is 0 Å². The van der Waals surface area contributed by atoms with Crippen molar-refractivity contribution >= 4 is 95.1 Å². The van der Waals surface area contributed by atoms with E-state index in [0.29, 0.717) is 0 Å². The maximum absolute atomic E-state index is 7.77. The van der Waals surface area contributed by atoms with E-state index in [2.05, 4.69) is 121 Å². The van der Waals surface area contributed by atoms with Crippen molar-refractivity contribution in [3.63, 3.8) is 0 Å². The number of benzene rings is 4. The topological polar surface area (TPSA) is 0 Å². The Morgan fingerprint density at radius 3 is 1.00 bits per heavy atom. The van der Waals surface area contributed by atoms with Gasteiger partial charge in [-0.1, -0.05) is 72.8 Å². The summed E-state index contributed by atoms with van der Waals surface area (Å²) in [6.07, 6.45) is 0. The summed E-state index contributed by atoms with van der Waals surface area (Å²) in [7, 11) is 19.3. The normalized spacial score (nSPS) is 11.3. The van der Waals surface area contributed by atoms with Gasteiger partial charge in [0.2, 0.25) is 0 Å². The Bertz CT molecular complexity index is 1080. The van der Waals surface area contributed by atoms with Gasteiger partial charge in [-0.2, -0.15) is 0 Å². The van der Waals surface area contributed by atoms with Crippen molar-refractivity contribution in [1.29, 1.82) is 0 Å². The fraction of sp³-hybridized carbons (Fsp3) is 0. The molecule has 4 aromatic carbocycles. The number of rotatable bonds is 4. The summed E-state index contributed by atoms with van der Waals surface area (Å²) in [5.74, 6) is -2.19. The first kappa shape index (κ1) is 26.3. The average molecular weight is 617 g/mol. The van der Waals surface area contributed by atoms with Crippen LogP contribution in [0.1, 0.15) is 0 Å². The molecule has 0 heterocycles. The predicted molar refractivity (Wildman–Crippen MR) is 153 cm³/mol. The quantitative estimate of drug-likeness (QED) is 0.160. The van der Waals surface area contributed by atoms with Gasteiger partial charge in [0, 0.05) is 10.6 Å². The van der Waals surface area contributed by atoms with Crippen LogP contribution in [0.4, 0.5) is 0 Å². The van der Waals surface area contributed by atoms with Gasteiger partial charge in [0.05, 0.1) is 0 Å². The van der Waals surface area contributed by atoms with Gasteiger partial charge in [0.1, 0.15) is 0 Å². The third-order valence-electron chi connectivity index (χ3n) is 4.47. The van der Waals surface area contributed by atoms with Crippen LogP contribution in [-0.4, -0.2) is 11.0 Å². The molecule has 4 aromatic rings. The second-order valence-electron chi connectivity index (χ2n) is 6.71. The summed E-state index contributed by atoms with van der Waals surface area (Å²) in [5, 5.41) is 5.10. The van der Waals surface area contributed by atoms with E-state index in [1.807, 2.05) is 0 Å². The van der Waals surface area contributed by atoms with E-state index in [4.69, 9.17) is 49.8 Å². The molecular weight excluding hydrogens is 597 g/mol. The molecule has 0 aliphatic carbocycles. The molecule has 0 amide bonds. The Hall–Kier alpha value is -0.304. The molecule has 0 atom stereocenters. The second kappa shape index (κ2) is 12.4.